The third-order valence-electron chi connectivity index (χ3n) is 11.9. The molecule has 2 aliphatic carbocycles. The Kier molecular flexibility index (Phi) is 12.8. The summed E-state index contributed by atoms with van der Waals surface area (Å²) in [4.78, 5) is 47.4. The Morgan fingerprint density at radius 1 is 0.966 bits per heavy atom. The number of carbonyl (C=O) groups is 3. The number of carboxylic acid groups (broad SMARTS) is 1. The summed E-state index contributed by atoms with van der Waals surface area (Å²) in [5.41, 5.74) is 3.47. The van der Waals surface area contributed by atoms with E-state index in [1.807, 2.05) is 72.9 Å². The Hall–Kier alpha value is -4.45. The Morgan fingerprint density at radius 3 is 2.34 bits per heavy atom. The molecule has 12 nitrogen and oxygen atoms in total. The minimum absolute atomic E-state index is 0. The van der Waals surface area contributed by atoms with Gasteiger partial charge in [-0.05, 0) is 140 Å². The van der Waals surface area contributed by atoms with Gasteiger partial charge in [0.15, 0.2) is 5.69 Å². The molecular weight excluding hydrogens is 735 g/mol. The van der Waals surface area contributed by atoms with Crippen LogP contribution in [0.4, 0.5) is 10.6 Å². The van der Waals surface area contributed by atoms with Crippen LogP contribution in [0.5, 0.6) is 0 Å². The van der Waals surface area contributed by atoms with E-state index in [9.17, 15) is 19.5 Å². The molecule has 6 rings (SSSR count). The van der Waals surface area contributed by atoms with E-state index in [1.165, 1.54) is 0 Å². The number of aromatic nitrogens is 3. The lowest BCUT2D eigenvalue weighted by atomic mass is 9.52. The van der Waals surface area contributed by atoms with E-state index in [0.29, 0.717) is 43.4 Å². The molecule has 1 N–H and O–H groups in total. The van der Waals surface area contributed by atoms with Crippen LogP contribution in [0.25, 0.3) is 11.1 Å². The zero-order valence-corrected chi connectivity index (χ0v) is 35.9. The van der Waals surface area contributed by atoms with Crippen molar-refractivity contribution in [1.29, 1.82) is 0 Å². The van der Waals surface area contributed by atoms with Gasteiger partial charge in [0.25, 0.3) is 0 Å². The molecule has 2 aromatic heterocycles. The number of amides is 1. The Morgan fingerprint density at radius 2 is 1.67 bits per heavy atom. The van der Waals surface area contributed by atoms with Gasteiger partial charge in [-0.2, -0.15) is 5.10 Å². The number of rotatable bonds is 10. The standard InChI is InChI=1S/C45H63N5O7.CH4/c1-28-21-44(10)23-32(55-20-19-48(11)41(54)57-43(7,8)9)24-45(22-28,26-44)27-50-29(2)35(25-46-50)33-15-16-36(47-38(33)40(53)56-42(4,5)6)49-18-17-31-13-12-14-34(39(51)52)37(31)30(49)3;/h12-16,25,28,30,32H,17-24,26-27H2,1-11H3,(H,51,52);1H4. The number of hydrogen-bond acceptors (Lipinski definition) is 9. The summed E-state index contributed by atoms with van der Waals surface area (Å²) in [5, 5.41) is 15.0. The monoisotopic (exact) mass is 802 g/mol. The Bertz CT molecular complexity index is 2000. The van der Waals surface area contributed by atoms with Gasteiger partial charge in [0, 0.05) is 43.5 Å². The van der Waals surface area contributed by atoms with Crippen LogP contribution >= 0.6 is 0 Å². The first-order chi connectivity index (χ1) is 26.6. The molecule has 3 aromatic rings. The molecule has 1 amide bonds. The molecule has 2 saturated carbocycles. The molecule has 58 heavy (non-hydrogen) atoms. The number of fused-ring (bicyclic) bond motifs is 3. The molecule has 3 heterocycles. The number of anilines is 1. The SMILES string of the molecule is C.Cc1c(-c2ccc(N3CCc4cccc(C(=O)O)c4C3C)nc2C(=O)OC(C)(C)C)cnn1CC12CC(C)CC(C)(CC(OCCN(C)C(=O)OC(C)(C)C)C1)C2. The number of likely N-dealkylation sites (N-methyl/N-ethyl adjacent to an activating group) is 1. The second-order valence-electron chi connectivity index (χ2n) is 19.5. The molecule has 5 atom stereocenters. The van der Waals surface area contributed by atoms with Gasteiger partial charge < -0.3 is 29.1 Å². The number of nitrogens with zero attached hydrogens (tertiary/aromatic N) is 5. The zero-order valence-electron chi connectivity index (χ0n) is 35.9. The van der Waals surface area contributed by atoms with E-state index in [0.717, 1.165) is 61.0 Å². The number of carboxylic acids is 1. The van der Waals surface area contributed by atoms with E-state index < -0.39 is 23.1 Å². The molecule has 318 valence electrons. The smallest absolute Gasteiger partial charge is 0.410 e. The molecule has 2 bridgehead atoms. The van der Waals surface area contributed by atoms with Crippen LogP contribution < -0.4 is 4.90 Å². The van der Waals surface area contributed by atoms with E-state index in [1.54, 1.807) is 24.1 Å². The number of carbonyl (C=O) groups excluding carboxylic acids is 2. The van der Waals surface area contributed by atoms with Crippen molar-refractivity contribution in [2.24, 2.45) is 16.7 Å². The molecular formula is C46H67N5O7. The topological polar surface area (TPSA) is 136 Å². The average Bonchev–Trinajstić information content (AvgIpc) is 3.43. The van der Waals surface area contributed by atoms with E-state index in [4.69, 9.17) is 24.3 Å². The quantitative estimate of drug-likeness (QED) is 0.198. The predicted octanol–water partition coefficient (Wildman–Crippen LogP) is 9.53. The fraction of sp³-hybridized carbons (Fsp3) is 0.630. The van der Waals surface area contributed by atoms with E-state index in [-0.39, 0.29) is 47.8 Å². The van der Waals surface area contributed by atoms with Crippen molar-refractivity contribution in [2.45, 2.75) is 145 Å². The molecule has 0 radical (unpaired) electrons. The number of aromatic carboxylic acids is 1. The number of benzene rings is 1. The molecule has 5 unspecified atom stereocenters. The summed E-state index contributed by atoms with van der Waals surface area (Å²) in [5.74, 6) is -0.340. The highest BCUT2D eigenvalue weighted by molar-refractivity contribution is 5.96. The Balaban J connectivity index is 0.00000641. The summed E-state index contributed by atoms with van der Waals surface area (Å²) in [6, 6.07) is 9.00. The van der Waals surface area contributed by atoms with E-state index in [2.05, 4.69) is 30.4 Å². The fourth-order valence-corrected chi connectivity index (χ4v) is 10.1. The van der Waals surface area contributed by atoms with Gasteiger partial charge in [-0.1, -0.05) is 33.4 Å². The van der Waals surface area contributed by atoms with Crippen molar-refractivity contribution < 1.29 is 33.7 Å². The predicted molar refractivity (Wildman–Crippen MR) is 226 cm³/mol. The number of ether oxygens (including phenoxy) is 3. The highest BCUT2D eigenvalue weighted by Crippen LogP contribution is 2.58. The zero-order chi connectivity index (χ0) is 41.7. The van der Waals surface area contributed by atoms with Crippen molar-refractivity contribution in [3.05, 3.63) is 64.6 Å². The fourth-order valence-electron chi connectivity index (χ4n) is 10.1. The lowest BCUT2D eigenvalue weighted by Gasteiger charge is -2.55. The van der Waals surface area contributed by atoms with Crippen molar-refractivity contribution in [1.82, 2.24) is 19.7 Å². The first-order valence-electron chi connectivity index (χ1n) is 20.5. The maximum absolute atomic E-state index is 14.0. The summed E-state index contributed by atoms with van der Waals surface area (Å²) >= 11 is 0. The summed E-state index contributed by atoms with van der Waals surface area (Å²) in [7, 11) is 1.75. The van der Waals surface area contributed by atoms with Crippen LogP contribution in [0, 0.1) is 23.7 Å². The van der Waals surface area contributed by atoms with Crippen LogP contribution in [-0.2, 0) is 27.2 Å². The van der Waals surface area contributed by atoms with Gasteiger partial charge in [0.2, 0.25) is 0 Å². The molecule has 0 saturated heterocycles. The van der Waals surface area contributed by atoms with Crippen molar-refractivity contribution in [3.8, 4) is 11.1 Å². The van der Waals surface area contributed by atoms with Gasteiger partial charge >= 0.3 is 18.0 Å². The largest absolute Gasteiger partial charge is 0.478 e. The number of hydrogen-bond donors (Lipinski definition) is 1. The molecule has 2 fully saturated rings. The molecule has 12 heteroatoms. The summed E-state index contributed by atoms with van der Waals surface area (Å²) in [6.07, 6.45) is 7.38. The van der Waals surface area contributed by atoms with Crippen LogP contribution in [0.3, 0.4) is 0 Å². The molecule has 0 spiro atoms. The van der Waals surface area contributed by atoms with Gasteiger partial charge in [0.05, 0.1) is 30.5 Å². The normalized spacial score (nSPS) is 24.3. The average molecular weight is 802 g/mol. The van der Waals surface area contributed by atoms with Crippen LogP contribution in [0.15, 0.2) is 36.5 Å². The van der Waals surface area contributed by atoms with Gasteiger partial charge in [-0.25, -0.2) is 19.4 Å². The molecule has 3 aliphatic rings. The molecule has 1 aliphatic heterocycles. The van der Waals surface area contributed by atoms with Crippen LogP contribution in [-0.4, -0.2) is 86.9 Å². The highest BCUT2D eigenvalue weighted by atomic mass is 16.6. The number of esters is 1. The van der Waals surface area contributed by atoms with Crippen molar-refractivity contribution in [3.63, 3.8) is 0 Å². The second-order valence-corrected chi connectivity index (χ2v) is 19.5. The van der Waals surface area contributed by atoms with Crippen molar-refractivity contribution in [2.75, 3.05) is 31.6 Å². The maximum atomic E-state index is 14.0. The van der Waals surface area contributed by atoms with Crippen LogP contribution in [0.1, 0.15) is 146 Å². The first-order valence-corrected chi connectivity index (χ1v) is 20.5. The van der Waals surface area contributed by atoms with Gasteiger partial charge in [0.1, 0.15) is 17.0 Å². The third-order valence-corrected chi connectivity index (χ3v) is 11.9. The number of pyridine rings is 1. The second kappa shape index (κ2) is 16.7. The maximum Gasteiger partial charge on any atom is 0.410 e. The minimum atomic E-state index is -0.961. The molecule has 1 aromatic carbocycles. The van der Waals surface area contributed by atoms with Gasteiger partial charge in [-0.3, -0.25) is 4.68 Å². The Labute approximate surface area is 345 Å². The van der Waals surface area contributed by atoms with E-state index >= 15 is 0 Å². The van der Waals surface area contributed by atoms with Crippen molar-refractivity contribution >= 4 is 23.8 Å². The minimum Gasteiger partial charge on any atom is -0.478 e. The lowest BCUT2D eigenvalue weighted by Crippen LogP contribution is -2.50. The highest BCUT2D eigenvalue weighted by Gasteiger charge is 2.51. The first kappa shape index (κ1) is 44.6. The van der Waals surface area contributed by atoms with Crippen LogP contribution in [0.2, 0.25) is 0 Å². The van der Waals surface area contributed by atoms with Gasteiger partial charge in [-0.15, -0.1) is 0 Å². The third kappa shape index (κ3) is 9.87. The summed E-state index contributed by atoms with van der Waals surface area (Å²) < 4.78 is 20.1. The lowest BCUT2D eigenvalue weighted by molar-refractivity contribution is -0.111. The summed E-state index contributed by atoms with van der Waals surface area (Å²) in [6.45, 7) is 22.1.